The molecule has 2 aromatic carbocycles. The van der Waals surface area contributed by atoms with Crippen molar-refractivity contribution in [2.75, 3.05) is 7.11 Å². The summed E-state index contributed by atoms with van der Waals surface area (Å²) >= 11 is 0. The fourth-order valence-corrected chi connectivity index (χ4v) is 3.14. The van der Waals surface area contributed by atoms with Crippen LogP contribution >= 0.6 is 0 Å². The fourth-order valence-electron chi connectivity index (χ4n) is 3.14. The van der Waals surface area contributed by atoms with Crippen LogP contribution in [0.15, 0.2) is 64.8 Å². The average Bonchev–Trinajstić information content (AvgIpc) is 3.21. The molecular formula is C21H16N2O5. The molecule has 7 nitrogen and oxygen atoms in total. The number of urea groups is 1. The van der Waals surface area contributed by atoms with Gasteiger partial charge in [-0.1, -0.05) is 30.3 Å². The maximum absolute atomic E-state index is 12.9. The summed E-state index contributed by atoms with van der Waals surface area (Å²) in [5.41, 5.74) is 0.437. The molecule has 1 aromatic heterocycles. The van der Waals surface area contributed by atoms with Crippen molar-refractivity contribution in [3.8, 4) is 5.75 Å². The molecule has 0 bridgehead atoms. The number of hydrogen-bond donors (Lipinski definition) is 1. The maximum atomic E-state index is 12.9. The lowest BCUT2D eigenvalue weighted by Crippen LogP contribution is -2.53. The number of hydrogen-bond acceptors (Lipinski definition) is 5. The lowest BCUT2D eigenvalue weighted by atomic mass is 10.00. The van der Waals surface area contributed by atoms with Crippen LogP contribution in [0.25, 0.3) is 16.8 Å². The van der Waals surface area contributed by atoms with Crippen molar-refractivity contribution in [2.24, 2.45) is 0 Å². The van der Waals surface area contributed by atoms with Gasteiger partial charge < -0.3 is 9.15 Å². The van der Waals surface area contributed by atoms with E-state index in [0.29, 0.717) is 17.1 Å². The van der Waals surface area contributed by atoms with E-state index in [1.807, 2.05) is 30.3 Å². The minimum absolute atomic E-state index is 0.0744. The van der Waals surface area contributed by atoms with Crippen molar-refractivity contribution in [3.05, 3.63) is 71.7 Å². The molecule has 3 aromatic rings. The van der Waals surface area contributed by atoms with Crippen LogP contribution in [0.3, 0.4) is 0 Å². The number of fused-ring (bicyclic) bond motifs is 1. The number of rotatable bonds is 4. The van der Waals surface area contributed by atoms with Crippen LogP contribution in [0.5, 0.6) is 5.75 Å². The number of nitrogens with one attached hydrogen (secondary N) is 1. The smallest absolute Gasteiger partial charge is 0.331 e. The van der Waals surface area contributed by atoms with Gasteiger partial charge in [-0.2, -0.15) is 0 Å². The van der Waals surface area contributed by atoms with Gasteiger partial charge in [0, 0.05) is 5.56 Å². The second-order valence-electron chi connectivity index (χ2n) is 6.19. The summed E-state index contributed by atoms with van der Waals surface area (Å²) in [5.74, 6) is -0.498. The Labute approximate surface area is 160 Å². The Morgan fingerprint density at radius 2 is 1.89 bits per heavy atom. The Bertz CT molecular complexity index is 1120. The molecule has 1 saturated heterocycles. The highest BCUT2D eigenvalue weighted by Gasteiger charge is 2.36. The van der Waals surface area contributed by atoms with Gasteiger partial charge in [-0.25, -0.2) is 4.79 Å². The molecule has 140 valence electrons. The third kappa shape index (κ3) is 3.03. The highest BCUT2D eigenvalue weighted by Crippen LogP contribution is 2.31. The van der Waals surface area contributed by atoms with E-state index < -0.39 is 17.8 Å². The number of ether oxygens (including phenoxy) is 1. The van der Waals surface area contributed by atoms with E-state index in [9.17, 15) is 14.4 Å². The number of nitrogens with zero attached hydrogens (tertiary/aromatic N) is 1. The van der Waals surface area contributed by atoms with Gasteiger partial charge in [-0.3, -0.25) is 19.8 Å². The Kier molecular flexibility index (Phi) is 4.41. The van der Waals surface area contributed by atoms with E-state index in [1.54, 1.807) is 18.2 Å². The van der Waals surface area contributed by atoms with Crippen LogP contribution in [0.1, 0.15) is 11.3 Å². The summed E-state index contributed by atoms with van der Waals surface area (Å²) in [5, 5.41) is 3.96. The minimum Gasteiger partial charge on any atom is -0.496 e. The van der Waals surface area contributed by atoms with Crippen LogP contribution < -0.4 is 10.1 Å². The van der Waals surface area contributed by atoms with Gasteiger partial charge in [-0.05, 0) is 35.0 Å². The summed E-state index contributed by atoms with van der Waals surface area (Å²) in [7, 11) is 1.52. The molecule has 0 atom stereocenters. The molecule has 4 rings (SSSR count). The van der Waals surface area contributed by atoms with Gasteiger partial charge >= 0.3 is 6.03 Å². The van der Waals surface area contributed by atoms with Gasteiger partial charge in [0.05, 0.1) is 19.9 Å². The summed E-state index contributed by atoms with van der Waals surface area (Å²) in [6.45, 7) is -0.0744. The normalized spacial score (nSPS) is 16.0. The molecule has 0 radical (unpaired) electrons. The maximum Gasteiger partial charge on any atom is 0.331 e. The molecule has 1 fully saturated rings. The number of barbiturate groups is 1. The molecule has 7 heteroatoms. The standard InChI is InChI=1S/C21H16N2O5/c1-27-18-9-8-13-5-2-3-7-15(13)16(18)11-17-19(24)22-21(26)23(20(17)25)12-14-6-4-10-28-14/h2-11H,12H2,1H3,(H,22,24,26). The van der Waals surface area contributed by atoms with Gasteiger partial charge in [-0.15, -0.1) is 0 Å². The van der Waals surface area contributed by atoms with Gasteiger partial charge in [0.1, 0.15) is 17.1 Å². The molecule has 28 heavy (non-hydrogen) atoms. The first-order valence-electron chi connectivity index (χ1n) is 8.55. The quantitative estimate of drug-likeness (QED) is 0.558. The summed E-state index contributed by atoms with van der Waals surface area (Å²) < 4.78 is 10.6. The van der Waals surface area contributed by atoms with E-state index in [2.05, 4.69) is 5.32 Å². The molecule has 1 aliphatic rings. The SMILES string of the molecule is COc1ccc2ccccc2c1C=C1C(=O)NC(=O)N(Cc2ccco2)C1=O. The Morgan fingerprint density at radius 3 is 2.64 bits per heavy atom. The predicted molar refractivity (Wildman–Crippen MR) is 101 cm³/mol. The van der Waals surface area contributed by atoms with E-state index in [1.165, 1.54) is 19.4 Å². The molecule has 0 unspecified atom stereocenters. The van der Waals surface area contributed by atoms with Crippen LogP contribution in [0.4, 0.5) is 4.79 Å². The molecule has 2 heterocycles. The Hall–Kier alpha value is -3.87. The lowest BCUT2D eigenvalue weighted by molar-refractivity contribution is -0.130. The number of methoxy groups -OCH3 is 1. The molecule has 1 N–H and O–H groups in total. The van der Waals surface area contributed by atoms with E-state index in [4.69, 9.17) is 9.15 Å². The van der Waals surface area contributed by atoms with Crippen molar-refractivity contribution >= 4 is 34.7 Å². The van der Waals surface area contributed by atoms with Crippen LogP contribution in [-0.4, -0.2) is 29.9 Å². The monoisotopic (exact) mass is 376 g/mol. The van der Waals surface area contributed by atoms with Crippen molar-refractivity contribution in [1.82, 2.24) is 10.2 Å². The first kappa shape index (κ1) is 17.5. The first-order valence-corrected chi connectivity index (χ1v) is 8.55. The van der Waals surface area contributed by atoms with Crippen LogP contribution in [0, 0.1) is 0 Å². The minimum atomic E-state index is -0.784. The molecule has 0 spiro atoms. The molecule has 0 aliphatic carbocycles. The third-order valence-electron chi connectivity index (χ3n) is 4.52. The summed E-state index contributed by atoms with van der Waals surface area (Å²) in [6.07, 6.45) is 2.91. The topological polar surface area (TPSA) is 88.8 Å². The number of imide groups is 2. The van der Waals surface area contributed by atoms with Gasteiger partial charge in [0.2, 0.25) is 0 Å². The second-order valence-corrected chi connectivity index (χ2v) is 6.19. The van der Waals surface area contributed by atoms with Crippen molar-refractivity contribution in [2.45, 2.75) is 6.54 Å². The highest BCUT2D eigenvalue weighted by atomic mass is 16.5. The average molecular weight is 376 g/mol. The zero-order valence-corrected chi connectivity index (χ0v) is 15.0. The number of furan rings is 1. The van der Waals surface area contributed by atoms with Gasteiger partial charge in [0.15, 0.2) is 0 Å². The van der Waals surface area contributed by atoms with E-state index in [0.717, 1.165) is 15.7 Å². The van der Waals surface area contributed by atoms with Crippen LogP contribution in [0.2, 0.25) is 0 Å². The van der Waals surface area contributed by atoms with Gasteiger partial charge in [0.25, 0.3) is 11.8 Å². The zero-order chi connectivity index (χ0) is 19.7. The summed E-state index contributed by atoms with van der Waals surface area (Å²) in [4.78, 5) is 38.4. The number of amides is 4. The molecular weight excluding hydrogens is 360 g/mol. The largest absolute Gasteiger partial charge is 0.496 e. The fraction of sp³-hybridized carbons (Fsp3) is 0.0952. The van der Waals surface area contributed by atoms with E-state index in [-0.39, 0.29) is 12.1 Å². The second kappa shape index (κ2) is 7.03. The summed E-state index contributed by atoms with van der Waals surface area (Å²) in [6, 6.07) is 13.7. The van der Waals surface area contributed by atoms with Crippen molar-refractivity contribution < 1.29 is 23.5 Å². The Morgan fingerprint density at radius 1 is 1.07 bits per heavy atom. The lowest BCUT2D eigenvalue weighted by Gasteiger charge is -2.25. The predicted octanol–water partition coefficient (Wildman–Crippen LogP) is 3.10. The number of carbonyl (C=O) groups is 3. The third-order valence-corrected chi connectivity index (χ3v) is 4.52. The van der Waals surface area contributed by atoms with Crippen LogP contribution in [-0.2, 0) is 16.1 Å². The van der Waals surface area contributed by atoms with Crippen molar-refractivity contribution in [1.29, 1.82) is 0 Å². The first-order chi connectivity index (χ1) is 13.6. The molecule has 1 aliphatic heterocycles. The molecule has 4 amide bonds. The van der Waals surface area contributed by atoms with Crippen molar-refractivity contribution in [3.63, 3.8) is 0 Å². The number of benzene rings is 2. The van der Waals surface area contributed by atoms with E-state index >= 15 is 0 Å². The zero-order valence-electron chi connectivity index (χ0n) is 15.0. The number of carbonyl (C=O) groups excluding carboxylic acids is 3. The highest BCUT2D eigenvalue weighted by molar-refractivity contribution is 6.31. The Balaban J connectivity index is 1.80. The molecule has 0 saturated carbocycles.